The molecule has 3 N–H and O–H groups in total. The second-order valence-electron chi connectivity index (χ2n) is 5.87. The van der Waals surface area contributed by atoms with Gasteiger partial charge in [0.2, 0.25) is 0 Å². The van der Waals surface area contributed by atoms with Crippen molar-refractivity contribution in [3.05, 3.63) is 57.5 Å². The largest absolute Gasteiger partial charge is 0.416 e. The number of carbonyl (C=O) groups excluding carboxylic acids is 2. The van der Waals surface area contributed by atoms with Crippen LogP contribution in [0.1, 0.15) is 35.3 Å². The first kappa shape index (κ1) is 17.7. The highest BCUT2D eigenvalue weighted by atomic mass is 19.4. The van der Waals surface area contributed by atoms with Crippen molar-refractivity contribution in [2.45, 2.75) is 25.4 Å². The molecule has 26 heavy (non-hydrogen) atoms. The molecule has 1 aliphatic carbocycles. The number of fused-ring (bicyclic) bond motifs is 1. The number of aromatic nitrogens is 1. The SMILES string of the molecule is O=C1C=C(NNC(=O)c2cc(=O)c3cc(C(F)(F)F)ccc3[nH]2)CCC1. The van der Waals surface area contributed by atoms with Crippen molar-refractivity contribution in [1.82, 2.24) is 15.8 Å². The molecule has 1 aromatic heterocycles. The predicted molar refractivity (Wildman–Crippen MR) is 87.1 cm³/mol. The molecule has 1 amide bonds. The fourth-order valence-electron chi connectivity index (χ4n) is 2.64. The lowest BCUT2D eigenvalue weighted by atomic mass is 10.0. The van der Waals surface area contributed by atoms with E-state index in [1.54, 1.807) is 0 Å². The van der Waals surface area contributed by atoms with E-state index in [0.717, 1.165) is 24.3 Å². The number of amides is 1. The average Bonchev–Trinajstić information content (AvgIpc) is 2.58. The summed E-state index contributed by atoms with van der Waals surface area (Å²) in [5.41, 5.74) is 3.87. The van der Waals surface area contributed by atoms with Crippen LogP contribution in [0.25, 0.3) is 10.9 Å². The Morgan fingerprint density at radius 3 is 2.58 bits per heavy atom. The minimum atomic E-state index is -4.56. The number of nitrogens with one attached hydrogen (secondary N) is 3. The van der Waals surface area contributed by atoms with Gasteiger partial charge in [-0.2, -0.15) is 13.2 Å². The maximum Gasteiger partial charge on any atom is 0.416 e. The topological polar surface area (TPSA) is 91.1 Å². The van der Waals surface area contributed by atoms with E-state index in [2.05, 4.69) is 15.8 Å². The van der Waals surface area contributed by atoms with Crippen LogP contribution in [-0.4, -0.2) is 16.7 Å². The molecule has 1 aromatic carbocycles. The van der Waals surface area contributed by atoms with Crippen LogP contribution < -0.4 is 16.3 Å². The Bertz CT molecular complexity index is 977. The number of allylic oxidation sites excluding steroid dienone is 2. The van der Waals surface area contributed by atoms with Gasteiger partial charge < -0.3 is 10.4 Å². The van der Waals surface area contributed by atoms with Crippen LogP contribution in [0, 0.1) is 0 Å². The number of alkyl halides is 3. The normalized spacial score (nSPS) is 14.9. The Labute approximate surface area is 145 Å². The first-order valence-corrected chi connectivity index (χ1v) is 7.78. The van der Waals surface area contributed by atoms with Crippen molar-refractivity contribution in [3.63, 3.8) is 0 Å². The minimum absolute atomic E-state index is 0.0485. The number of benzene rings is 1. The number of pyridine rings is 1. The highest BCUT2D eigenvalue weighted by Crippen LogP contribution is 2.30. The van der Waals surface area contributed by atoms with Gasteiger partial charge in [0.15, 0.2) is 11.2 Å². The number of ketones is 1. The number of hydrogen-bond acceptors (Lipinski definition) is 4. The first-order valence-electron chi connectivity index (χ1n) is 7.78. The van der Waals surface area contributed by atoms with Gasteiger partial charge in [0, 0.05) is 35.2 Å². The van der Waals surface area contributed by atoms with Gasteiger partial charge in [0.05, 0.1) is 5.56 Å². The Kier molecular flexibility index (Phi) is 4.54. The van der Waals surface area contributed by atoms with Crippen LogP contribution in [0.4, 0.5) is 13.2 Å². The van der Waals surface area contributed by atoms with E-state index in [4.69, 9.17) is 0 Å². The van der Waals surface area contributed by atoms with Crippen molar-refractivity contribution in [1.29, 1.82) is 0 Å². The van der Waals surface area contributed by atoms with E-state index in [9.17, 15) is 27.6 Å². The second kappa shape index (κ2) is 6.66. The smallest absolute Gasteiger partial charge is 0.350 e. The third-order valence-corrected chi connectivity index (χ3v) is 3.94. The Hall–Kier alpha value is -3.10. The van der Waals surface area contributed by atoms with Crippen molar-refractivity contribution >= 4 is 22.6 Å². The van der Waals surface area contributed by atoms with Gasteiger partial charge >= 0.3 is 6.18 Å². The van der Waals surface area contributed by atoms with E-state index in [0.29, 0.717) is 25.0 Å². The molecule has 9 heteroatoms. The maximum absolute atomic E-state index is 12.7. The van der Waals surface area contributed by atoms with Gasteiger partial charge in [0.25, 0.3) is 5.91 Å². The van der Waals surface area contributed by atoms with Crippen molar-refractivity contribution in [2.75, 3.05) is 0 Å². The Morgan fingerprint density at radius 2 is 1.88 bits per heavy atom. The fraction of sp³-hybridized carbons (Fsp3) is 0.235. The van der Waals surface area contributed by atoms with Crippen LogP contribution in [0.5, 0.6) is 0 Å². The molecule has 0 fully saturated rings. The van der Waals surface area contributed by atoms with Crippen molar-refractivity contribution < 1.29 is 22.8 Å². The number of halogens is 3. The Morgan fingerprint density at radius 1 is 1.12 bits per heavy atom. The number of hydrogen-bond donors (Lipinski definition) is 3. The number of hydrazine groups is 1. The van der Waals surface area contributed by atoms with Gasteiger partial charge in [-0.25, -0.2) is 0 Å². The summed E-state index contributed by atoms with van der Waals surface area (Å²) in [4.78, 5) is 38.2. The molecule has 136 valence electrons. The lowest BCUT2D eigenvalue weighted by Gasteiger charge is -2.15. The third kappa shape index (κ3) is 3.76. The summed E-state index contributed by atoms with van der Waals surface area (Å²) in [5, 5.41) is -0.162. The summed E-state index contributed by atoms with van der Waals surface area (Å²) in [6, 6.07) is 3.61. The molecule has 0 saturated carbocycles. The van der Waals surface area contributed by atoms with Crippen LogP contribution in [0.3, 0.4) is 0 Å². The summed E-state index contributed by atoms with van der Waals surface area (Å²) < 4.78 is 38.2. The highest BCUT2D eigenvalue weighted by molar-refractivity contribution is 5.95. The number of rotatable bonds is 3. The average molecular weight is 365 g/mol. The fourth-order valence-corrected chi connectivity index (χ4v) is 2.64. The third-order valence-electron chi connectivity index (χ3n) is 3.94. The van der Waals surface area contributed by atoms with Gasteiger partial charge in [0.1, 0.15) is 5.69 Å². The molecule has 2 aromatic rings. The maximum atomic E-state index is 12.7. The Balaban J connectivity index is 1.83. The molecular weight excluding hydrogens is 351 g/mol. The van der Waals surface area contributed by atoms with Crippen molar-refractivity contribution in [2.24, 2.45) is 0 Å². The zero-order chi connectivity index (χ0) is 18.9. The van der Waals surface area contributed by atoms with Crippen LogP contribution in [0.2, 0.25) is 0 Å². The molecule has 0 radical (unpaired) electrons. The van der Waals surface area contributed by atoms with Crippen LogP contribution in [-0.2, 0) is 11.0 Å². The quantitative estimate of drug-likeness (QED) is 0.729. The van der Waals surface area contributed by atoms with Gasteiger partial charge in [-0.15, -0.1) is 0 Å². The molecule has 0 unspecified atom stereocenters. The number of carbonyl (C=O) groups is 2. The molecule has 0 bridgehead atoms. The molecule has 0 atom stereocenters. The van der Waals surface area contributed by atoms with E-state index >= 15 is 0 Å². The summed E-state index contributed by atoms with van der Waals surface area (Å²) in [6.45, 7) is 0. The van der Waals surface area contributed by atoms with Gasteiger partial charge in [-0.05, 0) is 31.0 Å². The molecule has 6 nitrogen and oxygen atoms in total. The van der Waals surface area contributed by atoms with E-state index < -0.39 is 23.1 Å². The zero-order valence-corrected chi connectivity index (χ0v) is 13.4. The van der Waals surface area contributed by atoms with Gasteiger partial charge in [-0.1, -0.05) is 0 Å². The lowest BCUT2D eigenvalue weighted by molar-refractivity contribution is -0.137. The summed E-state index contributed by atoms with van der Waals surface area (Å²) >= 11 is 0. The number of H-pyrrole nitrogens is 1. The van der Waals surface area contributed by atoms with Crippen LogP contribution in [0.15, 0.2) is 40.8 Å². The standard InChI is InChI=1S/C17H14F3N3O3/c18-17(19,20)9-4-5-13-12(6-9)15(25)8-14(21-13)16(26)23-22-10-2-1-3-11(24)7-10/h4-8,22H,1-3H2,(H,21,25)(H,23,26). The zero-order valence-electron chi connectivity index (χ0n) is 13.4. The monoisotopic (exact) mass is 365 g/mol. The molecule has 0 aliphatic heterocycles. The summed E-state index contributed by atoms with van der Waals surface area (Å²) in [7, 11) is 0. The van der Waals surface area contributed by atoms with Crippen molar-refractivity contribution in [3.8, 4) is 0 Å². The molecular formula is C17H14F3N3O3. The summed E-state index contributed by atoms with van der Waals surface area (Å²) in [6.07, 6.45) is -1.45. The van der Waals surface area contributed by atoms with Crippen LogP contribution >= 0.6 is 0 Å². The molecule has 1 aliphatic rings. The van der Waals surface area contributed by atoms with E-state index in [1.807, 2.05) is 0 Å². The minimum Gasteiger partial charge on any atom is -0.350 e. The summed E-state index contributed by atoms with van der Waals surface area (Å²) in [5.74, 6) is -0.726. The van der Waals surface area contributed by atoms with Gasteiger partial charge in [-0.3, -0.25) is 19.8 Å². The highest BCUT2D eigenvalue weighted by Gasteiger charge is 2.30. The molecule has 0 saturated heterocycles. The predicted octanol–water partition coefficient (Wildman–Crippen LogP) is 2.42. The molecule has 1 heterocycles. The second-order valence-corrected chi connectivity index (χ2v) is 5.87. The molecule has 0 spiro atoms. The number of aromatic amines is 1. The molecule has 3 rings (SSSR count). The van der Waals surface area contributed by atoms with E-state index in [1.165, 1.54) is 6.08 Å². The van der Waals surface area contributed by atoms with E-state index in [-0.39, 0.29) is 22.4 Å². The lowest BCUT2D eigenvalue weighted by Crippen LogP contribution is -2.38. The first-order chi connectivity index (χ1) is 12.2.